The minimum Gasteiger partial charge on any atom is -0.354 e. The largest absolute Gasteiger partial charge is 0.354 e. The Kier molecular flexibility index (Phi) is 3.69. The molecular formula is C14H18N8O2S. The molecule has 10 nitrogen and oxygen atoms in total. The molecule has 0 aromatic carbocycles. The Morgan fingerprint density at radius 1 is 1.32 bits per heavy atom. The third-order valence-corrected chi connectivity index (χ3v) is 5.65. The number of anilines is 1. The zero-order valence-electron chi connectivity index (χ0n) is 13.9. The van der Waals surface area contributed by atoms with Crippen LogP contribution in [0.4, 0.5) is 5.82 Å². The molecule has 0 spiro atoms. The van der Waals surface area contributed by atoms with Gasteiger partial charge >= 0.3 is 0 Å². The van der Waals surface area contributed by atoms with Crippen molar-refractivity contribution in [3.63, 3.8) is 0 Å². The summed E-state index contributed by atoms with van der Waals surface area (Å²) in [5.74, 6) is 1.72. The van der Waals surface area contributed by atoms with Crippen molar-refractivity contribution in [3.05, 3.63) is 30.5 Å². The summed E-state index contributed by atoms with van der Waals surface area (Å²) in [7, 11) is -1.80. The molecule has 25 heavy (non-hydrogen) atoms. The number of sulfonamides is 1. The number of imidazole rings is 1. The van der Waals surface area contributed by atoms with Gasteiger partial charge in [-0.1, -0.05) is 0 Å². The standard InChI is InChI=1S/C14H18N8O2S/c1-10-17-14(8-20(10)2)25(23,24)16-5-11-6-21(7-11)13-4-3-12-18-15-9-22(12)19-13/h3-4,8-9,11,16H,5-7H2,1-2H3. The molecule has 0 bridgehead atoms. The Morgan fingerprint density at radius 2 is 2.12 bits per heavy atom. The van der Waals surface area contributed by atoms with Crippen molar-refractivity contribution in [1.82, 2.24) is 34.1 Å². The highest BCUT2D eigenvalue weighted by atomic mass is 32.2. The van der Waals surface area contributed by atoms with Crippen LogP contribution >= 0.6 is 0 Å². The quantitative estimate of drug-likeness (QED) is 0.656. The summed E-state index contributed by atoms with van der Waals surface area (Å²) in [5, 5.41) is 12.2. The van der Waals surface area contributed by atoms with Crippen LogP contribution in [0.3, 0.4) is 0 Å². The highest BCUT2D eigenvalue weighted by Gasteiger charge is 2.30. The molecule has 132 valence electrons. The van der Waals surface area contributed by atoms with Gasteiger partial charge < -0.3 is 9.47 Å². The molecule has 1 aliphatic rings. The summed E-state index contributed by atoms with van der Waals surface area (Å²) < 4.78 is 30.5. The second-order valence-corrected chi connectivity index (χ2v) is 7.90. The van der Waals surface area contributed by atoms with Gasteiger partial charge in [-0.25, -0.2) is 18.1 Å². The Balaban J connectivity index is 1.35. The summed E-state index contributed by atoms with van der Waals surface area (Å²) >= 11 is 0. The van der Waals surface area contributed by atoms with Crippen LogP contribution in [0.15, 0.2) is 29.7 Å². The van der Waals surface area contributed by atoms with Gasteiger partial charge in [-0.05, 0) is 19.1 Å². The number of fused-ring (bicyclic) bond motifs is 1. The second-order valence-electron chi connectivity index (χ2n) is 6.19. The fourth-order valence-corrected chi connectivity index (χ4v) is 3.88. The van der Waals surface area contributed by atoms with Crippen molar-refractivity contribution in [2.75, 3.05) is 24.5 Å². The van der Waals surface area contributed by atoms with Crippen LogP contribution < -0.4 is 9.62 Å². The molecule has 3 aromatic rings. The molecule has 3 aromatic heterocycles. The van der Waals surface area contributed by atoms with E-state index < -0.39 is 10.0 Å². The van der Waals surface area contributed by atoms with E-state index in [0.717, 1.165) is 18.9 Å². The van der Waals surface area contributed by atoms with Gasteiger partial charge in [0, 0.05) is 38.8 Å². The molecule has 4 rings (SSSR count). The number of aromatic nitrogens is 6. The molecule has 1 saturated heterocycles. The van der Waals surface area contributed by atoms with E-state index in [0.29, 0.717) is 18.0 Å². The van der Waals surface area contributed by atoms with Crippen LogP contribution in [0.2, 0.25) is 0 Å². The third kappa shape index (κ3) is 2.96. The van der Waals surface area contributed by atoms with Crippen molar-refractivity contribution in [3.8, 4) is 0 Å². The number of aryl methyl sites for hydroxylation is 2. The van der Waals surface area contributed by atoms with Crippen molar-refractivity contribution >= 4 is 21.5 Å². The summed E-state index contributed by atoms with van der Waals surface area (Å²) in [5.41, 5.74) is 0.694. The molecule has 0 unspecified atom stereocenters. The van der Waals surface area contributed by atoms with E-state index in [1.165, 1.54) is 6.20 Å². The van der Waals surface area contributed by atoms with Crippen LogP contribution in [0.25, 0.3) is 5.65 Å². The number of hydrogen-bond acceptors (Lipinski definition) is 7. The molecule has 1 fully saturated rings. The lowest BCUT2D eigenvalue weighted by atomic mass is 10.0. The van der Waals surface area contributed by atoms with Gasteiger partial charge in [-0.3, -0.25) is 0 Å². The second kappa shape index (κ2) is 5.77. The highest BCUT2D eigenvalue weighted by Crippen LogP contribution is 2.22. The number of rotatable bonds is 5. The maximum atomic E-state index is 12.3. The first-order valence-electron chi connectivity index (χ1n) is 7.84. The zero-order chi connectivity index (χ0) is 17.6. The molecule has 1 aliphatic heterocycles. The fourth-order valence-electron chi connectivity index (χ4n) is 2.73. The maximum absolute atomic E-state index is 12.3. The number of nitrogens with zero attached hydrogens (tertiary/aromatic N) is 7. The fraction of sp³-hybridized carbons (Fsp3) is 0.429. The van der Waals surface area contributed by atoms with Gasteiger partial charge in [0.2, 0.25) is 0 Å². The van der Waals surface area contributed by atoms with Crippen LogP contribution in [0, 0.1) is 12.8 Å². The van der Waals surface area contributed by atoms with Gasteiger partial charge in [0.1, 0.15) is 18.0 Å². The predicted molar refractivity (Wildman–Crippen MR) is 89.6 cm³/mol. The first kappa shape index (κ1) is 16.0. The SMILES string of the molecule is Cc1nc(S(=O)(=O)NCC2CN(c3ccc4nncn4n3)C2)cn1C. The first-order valence-corrected chi connectivity index (χ1v) is 9.32. The molecule has 1 N–H and O–H groups in total. The van der Waals surface area contributed by atoms with Crippen molar-refractivity contribution in [2.24, 2.45) is 13.0 Å². The molecular weight excluding hydrogens is 344 g/mol. The van der Waals surface area contributed by atoms with Gasteiger partial charge in [-0.15, -0.1) is 15.3 Å². The monoisotopic (exact) mass is 362 g/mol. The van der Waals surface area contributed by atoms with E-state index >= 15 is 0 Å². The van der Waals surface area contributed by atoms with Gasteiger partial charge in [-0.2, -0.15) is 4.52 Å². The zero-order valence-corrected chi connectivity index (χ0v) is 14.7. The Bertz CT molecular complexity index is 999. The minimum atomic E-state index is -3.57. The molecule has 4 heterocycles. The molecule has 0 aliphatic carbocycles. The van der Waals surface area contributed by atoms with Crippen LogP contribution in [0.1, 0.15) is 5.82 Å². The summed E-state index contributed by atoms with van der Waals surface area (Å²) in [6, 6.07) is 3.75. The van der Waals surface area contributed by atoms with E-state index in [4.69, 9.17) is 0 Å². The van der Waals surface area contributed by atoms with Crippen molar-refractivity contribution < 1.29 is 8.42 Å². The average molecular weight is 362 g/mol. The van der Waals surface area contributed by atoms with E-state index in [-0.39, 0.29) is 10.9 Å². The van der Waals surface area contributed by atoms with Gasteiger partial charge in [0.05, 0.1) is 0 Å². The van der Waals surface area contributed by atoms with E-state index in [1.54, 1.807) is 29.4 Å². The molecule has 0 atom stereocenters. The van der Waals surface area contributed by atoms with Gasteiger partial charge in [0.25, 0.3) is 10.0 Å². The summed E-state index contributed by atoms with van der Waals surface area (Å²) in [6.07, 6.45) is 3.07. The summed E-state index contributed by atoms with van der Waals surface area (Å²) in [6.45, 7) is 3.63. The lowest BCUT2D eigenvalue weighted by Gasteiger charge is -2.39. The van der Waals surface area contributed by atoms with E-state index in [1.807, 2.05) is 12.1 Å². The van der Waals surface area contributed by atoms with Gasteiger partial charge in [0.15, 0.2) is 10.7 Å². The highest BCUT2D eigenvalue weighted by molar-refractivity contribution is 7.89. The number of nitrogens with one attached hydrogen (secondary N) is 1. The Hall–Kier alpha value is -2.53. The molecule has 11 heteroatoms. The molecule has 0 amide bonds. The normalized spacial score (nSPS) is 15.7. The molecule has 0 saturated carbocycles. The van der Waals surface area contributed by atoms with E-state index in [2.05, 4.69) is 29.9 Å². The average Bonchev–Trinajstić information content (AvgIpc) is 3.12. The maximum Gasteiger partial charge on any atom is 0.259 e. The Morgan fingerprint density at radius 3 is 2.84 bits per heavy atom. The van der Waals surface area contributed by atoms with Crippen LogP contribution in [0.5, 0.6) is 0 Å². The molecule has 0 radical (unpaired) electrons. The van der Waals surface area contributed by atoms with Crippen LogP contribution in [-0.2, 0) is 17.1 Å². The predicted octanol–water partition coefficient (Wildman–Crippen LogP) is -0.419. The first-order chi connectivity index (χ1) is 11.9. The Labute approximate surface area is 144 Å². The number of hydrogen-bond donors (Lipinski definition) is 1. The van der Waals surface area contributed by atoms with Crippen molar-refractivity contribution in [1.29, 1.82) is 0 Å². The van der Waals surface area contributed by atoms with E-state index in [9.17, 15) is 8.42 Å². The smallest absolute Gasteiger partial charge is 0.259 e. The third-order valence-electron chi connectivity index (χ3n) is 4.35. The summed E-state index contributed by atoms with van der Waals surface area (Å²) in [4.78, 5) is 6.15. The minimum absolute atomic E-state index is 0.0587. The van der Waals surface area contributed by atoms with Crippen molar-refractivity contribution in [2.45, 2.75) is 11.9 Å². The lowest BCUT2D eigenvalue weighted by molar-refractivity contribution is 0.401. The van der Waals surface area contributed by atoms with Crippen LogP contribution in [-0.4, -0.2) is 57.4 Å². The lowest BCUT2D eigenvalue weighted by Crippen LogP contribution is -2.52. The topological polar surface area (TPSA) is 110 Å².